The molecule has 0 bridgehead atoms. The van der Waals surface area contributed by atoms with Crippen LogP contribution >= 0.6 is 23.2 Å². The molecule has 1 aliphatic rings. The Bertz CT molecular complexity index is 468. The molecule has 1 unspecified atom stereocenters. The van der Waals surface area contributed by atoms with E-state index >= 15 is 0 Å². The Balaban J connectivity index is 2.20. The minimum atomic E-state index is -0.413. The van der Waals surface area contributed by atoms with Crippen LogP contribution in [0.25, 0.3) is 0 Å². The van der Waals surface area contributed by atoms with Crippen LogP contribution < -0.4 is 0 Å². The van der Waals surface area contributed by atoms with Crippen LogP contribution in [0.1, 0.15) is 44.1 Å². The van der Waals surface area contributed by atoms with Crippen molar-refractivity contribution < 1.29 is 5.11 Å². The number of halogens is 2. The number of likely N-dealkylation sites (N-methyl/N-ethyl adjacent to an activating group) is 1. The number of nitrogens with zero attached hydrogens (tertiary/aromatic N) is 1. The Labute approximate surface area is 138 Å². The first-order chi connectivity index (χ1) is 9.95. The monoisotopic (exact) mass is 329 g/mol. The highest BCUT2D eigenvalue weighted by molar-refractivity contribution is 6.35. The summed E-state index contributed by atoms with van der Waals surface area (Å²) in [6.45, 7) is 0. The molecular weight excluding hydrogens is 305 g/mol. The van der Waals surface area contributed by atoms with E-state index in [4.69, 9.17) is 23.2 Å². The summed E-state index contributed by atoms with van der Waals surface area (Å²) in [5.41, 5.74) is 0.832. The van der Waals surface area contributed by atoms with Crippen LogP contribution in [0.4, 0.5) is 0 Å². The van der Waals surface area contributed by atoms with Crippen LogP contribution in [0.5, 0.6) is 0 Å². The SMILES string of the molecule is CN(C)C1(C(O)Cc2ccc(Cl)cc2Cl)CCCCCC1. The highest BCUT2D eigenvalue weighted by Crippen LogP contribution is 2.36. The summed E-state index contributed by atoms with van der Waals surface area (Å²) in [6, 6.07) is 5.51. The third kappa shape index (κ3) is 3.92. The van der Waals surface area contributed by atoms with Gasteiger partial charge in [-0.15, -0.1) is 0 Å². The molecule has 1 aromatic rings. The summed E-state index contributed by atoms with van der Waals surface area (Å²) in [7, 11) is 4.16. The third-order valence-corrected chi connectivity index (χ3v) is 5.50. The second kappa shape index (κ2) is 7.32. The van der Waals surface area contributed by atoms with Gasteiger partial charge in [0, 0.05) is 22.0 Å². The van der Waals surface area contributed by atoms with Gasteiger partial charge in [-0.3, -0.25) is 0 Å². The molecule has 0 aromatic heterocycles. The normalized spacial score (nSPS) is 20.3. The molecule has 0 radical (unpaired) electrons. The minimum Gasteiger partial charge on any atom is -0.391 e. The molecule has 0 aliphatic heterocycles. The largest absolute Gasteiger partial charge is 0.391 e. The summed E-state index contributed by atoms with van der Waals surface area (Å²) < 4.78 is 0. The maximum absolute atomic E-state index is 10.9. The molecule has 1 saturated carbocycles. The van der Waals surface area contributed by atoms with E-state index in [1.807, 2.05) is 12.1 Å². The minimum absolute atomic E-state index is 0.139. The van der Waals surface area contributed by atoms with Crippen molar-refractivity contribution in [1.82, 2.24) is 4.90 Å². The number of hydrogen-bond donors (Lipinski definition) is 1. The van der Waals surface area contributed by atoms with Crippen molar-refractivity contribution in [2.75, 3.05) is 14.1 Å². The van der Waals surface area contributed by atoms with Crippen molar-refractivity contribution in [3.05, 3.63) is 33.8 Å². The first kappa shape index (κ1) is 17.1. The quantitative estimate of drug-likeness (QED) is 0.819. The van der Waals surface area contributed by atoms with Crippen LogP contribution in [0.2, 0.25) is 10.0 Å². The highest BCUT2D eigenvalue weighted by Gasteiger charge is 2.40. The predicted molar refractivity (Wildman–Crippen MR) is 90.3 cm³/mol. The van der Waals surface area contributed by atoms with Crippen molar-refractivity contribution in [3.63, 3.8) is 0 Å². The van der Waals surface area contributed by atoms with Crippen LogP contribution in [-0.2, 0) is 6.42 Å². The summed E-state index contributed by atoms with van der Waals surface area (Å²) in [6.07, 6.45) is 7.16. The Morgan fingerprint density at radius 2 is 1.76 bits per heavy atom. The van der Waals surface area contributed by atoms with Gasteiger partial charge in [0.05, 0.1) is 6.10 Å². The highest BCUT2D eigenvalue weighted by atomic mass is 35.5. The van der Waals surface area contributed by atoms with Crippen LogP contribution in [0.3, 0.4) is 0 Å². The molecule has 21 heavy (non-hydrogen) atoms. The summed E-state index contributed by atoms with van der Waals surface area (Å²) >= 11 is 12.2. The van der Waals surface area contributed by atoms with E-state index in [1.165, 1.54) is 25.7 Å². The van der Waals surface area contributed by atoms with Crippen LogP contribution in [0.15, 0.2) is 18.2 Å². The molecule has 4 heteroatoms. The lowest BCUT2D eigenvalue weighted by atomic mass is 9.80. The molecule has 2 rings (SSSR count). The fraction of sp³-hybridized carbons (Fsp3) is 0.647. The average Bonchev–Trinajstić information content (AvgIpc) is 2.68. The zero-order valence-corrected chi connectivity index (χ0v) is 14.4. The Kier molecular flexibility index (Phi) is 5.96. The lowest BCUT2D eigenvalue weighted by molar-refractivity contribution is -0.0174. The Morgan fingerprint density at radius 3 is 2.29 bits per heavy atom. The van der Waals surface area contributed by atoms with Crippen molar-refractivity contribution in [3.8, 4) is 0 Å². The molecule has 1 fully saturated rings. The van der Waals surface area contributed by atoms with E-state index in [-0.39, 0.29) is 5.54 Å². The van der Waals surface area contributed by atoms with Gasteiger partial charge in [0.15, 0.2) is 0 Å². The molecule has 0 amide bonds. The number of hydrogen-bond acceptors (Lipinski definition) is 2. The fourth-order valence-corrected chi connectivity index (χ4v) is 3.99. The van der Waals surface area contributed by atoms with Gasteiger partial charge in [-0.2, -0.15) is 0 Å². The van der Waals surface area contributed by atoms with Gasteiger partial charge in [0.2, 0.25) is 0 Å². The zero-order chi connectivity index (χ0) is 15.5. The lowest BCUT2D eigenvalue weighted by Gasteiger charge is -2.43. The Morgan fingerprint density at radius 1 is 1.14 bits per heavy atom. The van der Waals surface area contributed by atoms with Gasteiger partial charge in [0.1, 0.15) is 0 Å². The smallest absolute Gasteiger partial charge is 0.0764 e. The van der Waals surface area contributed by atoms with E-state index in [2.05, 4.69) is 19.0 Å². The summed E-state index contributed by atoms with van der Waals surface area (Å²) in [4.78, 5) is 2.22. The molecule has 1 atom stereocenters. The molecular formula is C17H25Cl2NO. The topological polar surface area (TPSA) is 23.5 Å². The van der Waals surface area contributed by atoms with E-state index in [1.54, 1.807) is 6.07 Å². The van der Waals surface area contributed by atoms with Crippen molar-refractivity contribution >= 4 is 23.2 Å². The standard InChI is InChI=1S/C17H25Cl2NO/c1-20(2)17(9-5-3-4-6-10-17)16(21)11-13-7-8-14(18)12-15(13)19/h7-8,12,16,21H,3-6,9-11H2,1-2H3. The second-order valence-electron chi connectivity index (χ2n) is 6.37. The number of aliphatic hydroxyl groups excluding tert-OH is 1. The summed E-state index contributed by atoms with van der Waals surface area (Å²) in [5, 5.41) is 12.2. The van der Waals surface area contributed by atoms with E-state index in [9.17, 15) is 5.11 Å². The average molecular weight is 330 g/mol. The molecule has 2 nitrogen and oxygen atoms in total. The van der Waals surface area contributed by atoms with Gasteiger partial charge >= 0.3 is 0 Å². The maximum Gasteiger partial charge on any atom is 0.0764 e. The van der Waals surface area contributed by atoms with Gasteiger partial charge in [-0.25, -0.2) is 0 Å². The maximum atomic E-state index is 10.9. The van der Waals surface area contributed by atoms with Crippen LogP contribution in [-0.4, -0.2) is 35.7 Å². The van der Waals surface area contributed by atoms with E-state index in [0.717, 1.165) is 18.4 Å². The lowest BCUT2D eigenvalue weighted by Crippen LogP contribution is -2.54. The molecule has 0 heterocycles. The molecule has 1 aliphatic carbocycles. The first-order valence-corrected chi connectivity index (χ1v) is 8.51. The molecule has 1 N–H and O–H groups in total. The first-order valence-electron chi connectivity index (χ1n) is 7.75. The van der Waals surface area contributed by atoms with Crippen molar-refractivity contribution in [2.45, 2.75) is 56.6 Å². The number of benzene rings is 1. The Hall–Kier alpha value is -0.280. The second-order valence-corrected chi connectivity index (χ2v) is 7.21. The number of aliphatic hydroxyl groups is 1. The zero-order valence-electron chi connectivity index (χ0n) is 12.9. The third-order valence-electron chi connectivity index (χ3n) is 4.91. The van der Waals surface area contributed by atoms with Gasteiger partial charge in [-0.05, 0) is 44.6 Å². The molecule has 0 saturated heterocycles. The van der Waals surface area contributed by atoms with Gasteiger partial charge in [0.25, 0.3) is 0 Å². The summed E-state index contributed by atoms with van der Waals surface area (Å²) in [5.74, 6) is 0. The fourth-order valence-electron chi connectivity index (χ4n) is 3.50. The van der Waals surface area contributed by atoms with Crippen molar-refractivity contribution in [2.24, 2.45) is 0 Å². The molecule has 118 valence electrons. The van der Waals surface area contributed by atoms with Gasteiger partial charge in [-0.1, -0.05) is 55.0 Å². The predicted octanol–water partition coefficient (Wildman–Crippen LogP) is 4.55. The van der Waals surface area contributed by atoms with Crippen LogP contribution in [0, 0.1) is 0 Å². The molecule has 1 aromatic carbocycles. The van der Waals surface area contributed by atoms with E-state index < -0.39 is 6.10 Å². The molecule has 0 spiro atoms. The number of rotatable bonds is 4. The van der Waals surface area contributed by atoms with Gasteiger partial charge < -0.3 is 10.0 Å². The van der Waals surface area contributed by atoms with E-state index in [0.29, 0.717) is 16.5 Å². The van der Waals surface area contributed by atoms with Crippen molar-refractivity contribution in [1.29, 1.82) is 0 Å².